The second kappa shape index (κ2) is 6.61. The van der Waals surface area contributed by atoms with Gasteiger partial charge in [-0.25, -0.2) is 4.79 Å². The molecule has 1 atom stereocenters. The predicted octanol–water partition coefficient (Wildman–Crippen LogP) is 2.76. The molecule has 21 heavy (non-hydrogen) atoms. The fourth-order valence-corrected chi connectivity index (χ4v) is 2.08. The highest BCUT2D eigenvalue weighted by Gasteiger charge is 2.27. The molecular weight excluding hydrogens is 266 g/mol. The Bertz CT molecular complexity index is 650. The third-order valence-corrected chi connectivity index (χ3v) is 3.26. The van der Waals surface area contributed by atoms with E-state index >= 15 is 0 Å². The molecular formula is C17H15NO3. The number of carbonyl (C=O) groups is 2. The van der Waals surface area contributed by atoms with Crippen molar-refractivity contribution in [3.05, 3.63) is 78.1 Å². The van der Waals surface area contributed by atoms with E-state index in [1.54, 1.807) is 54.9 Å². The first-order valence-corrected chi connectivity index (χ1v) is 6.50. The molecule has 0 fully saturated rings. The van der Waals surface area contributed by atoms with E-state index < -0.39 is 11.9 Å². The van der Waals surface area contributed by atoms with E-state index in [9.17, 15) is 9.59 Å². The van der Waals surface area contributed by atoms with Crippen LogP contribution in [0.5, 0.6) is 0 Å². The van der Waals surface area contributed by atoms with E-state index in [4.69, 9.17) is 5.11 Å². The summed E-state index contributed by atoms with van der Waals surface area (Å²) in [7, 11) is 0. The summed E-state index contributed by atoms with van der Waals surface area (Å²) in [6.45, 7) is 3.56. The molecule has 2 rings (SSSR count). The fraction of sp³-hybridized carbons (Fsp3) is 0.118. The third kappa shape index (κ3) is 3.63. The minimum Gasteiger partial charge on any atom is -0.478 e. The van der Waals surface area contributed by atoms with Gasteiger partial charge in [0.2, 0.25) is 0 Å². The summed E-state index contributed by atoms with van der Waals surface area (Å²) in [5.41, 5.74) is 1.24. The number of nitrogens with zero attached hydrogens (tertiary/aromatic N) is 1. The van der Waals surface area contributed by atoms with Gasteiger partial charge in [0, 0.05) is 23.5 Å². The van der Waals surface area contributed by atoms with Gasteiger partial charge >= 0.3 is 5.97 Å². The zero-order chi connectivity index (χ0) is 15.2. The number of carboxylic acid groups (broad SMARTS) is 1. The van der Waals surface area contributed by atoms with Crippen LogP contribution in [-0.4, -0.2) is 21.8 Å². The van der Waals surface area contributed by atoms with Gasteiger partial charge in [-0.05, 0) is 24.1 Å². The van der Waals surface area contributed by atoms with Gasteiger partial charge in [-0.1, -0.05) is 36.9 Å². The predicted molar refractivity (Wildman–Crippen MR) is 79.0 cm³/mol. The van der Waals surface area contributed by atoms with Crippen LogP contribution in [0, 0.1) is 5.92 Å². The molecule has 0 aliphatic heterocycles. The zero-order valence-electron chi connectivity index (χ0n) is 11.4. The lowest BCUT2D eigenvalue weighted by Crippen LogP contribution is -2.23. The van der Waals surface area contributed by atoms with Crippen LogP contribution >= 0.6 is 0 Å². The van der Waals surface area contributed by atoms with E-state index in [2.05, 4.69) is 11.6 Å². The summed E-state index contributed by atoms with van der Waals surface area (Å²) < 4.78 is 0. The van der Waals surface area contributed by atoms with Gasteiger partial charge in [-0.2, -0.15) is 0 Å². The number of Topliss-reactive ketones (excluding diaryl/α,β-unsaturated/α-hetero) is 1. The minimum absolute atomic E-state index is 0.0966. The summed E-state index contributed by atoms with van der Waals surface area (Å²) in [6, 6.07) is 12.2. The van der Waals surface area contributed by atoms with Gasteiger partial charge in [0.25, 0.3) is 0 Å². The average molecular weight is 281 g/mol. The van der Waals surface area contributed by atoms with Gasteiger partial charge in [0.1, 0.15) is 0 Å². The molecule has 0 saturated carbocycles. The van der Waals surface area contributed by atoms with Crippen molar-refractivity contribution in [2.75, 3.05) is 0 Å². The molecule has 1 N–H and O–H groups in total. The molecule has 0 spiro atoms. The number of aromatic nitrogens is 1. The standard InChI is InChI=1S/C17H15NO3/c1-12(17(20)21)15(11-13-7-9-18-10-8-13)16(19)14-5-3-2-4-6-14/h2-10,15H,1,11H2,(H,20,21). The fourth-order valence-electron chi connectivity index (χ4n) is 2.08. The summed E-state index contributed by atoms with van der Waals surface area (Å²) >= 11 is 0. The van der Waals surface area contributed by atoms with Gasteiger partial charge in [0.05, 0.1) is 5.92 Å². The number of ketones is 1. The van der Waals surface area contributed by atoms with E-state index in [-0.39, 0.29) is 11.4 Å². The smallest absolute Gasteiger partial charge is 0.331 e. The first-order chi connectivity index (χ1) is 10.1. The van der Waals surface area contributed by atoms with Crippen molar-refractivity contribution in [3.63, 3.8) is 0 Å². The third-order valence-electron chi connectivity index (χ3n) is 3.26. The van der Waals surface area contributed by atoms with Crippen molar-refractivity contribution in [3.8, 4) is 0 Å². The van der Waals surface area contributed by atoms with Crippen LogP contribution < -0.4 is 0 Å². The maximum absolute atomic E-state index is 12.6. The van der Waals surface area contributed by atoms with E-state index in [1.807, 2.05) is 0 Å². The normalized spacial score (nSPS) is 11.6. The topological polar surface area (TPSA) is 67.3 Å². The summed E-state index contributed by atoms with van der Waals surface area (Å²) in [5.74, 6) is -2.18. The van der Waals surface area contributed by atoms with Gasteiger partial charge in [-0.15, -0.1) is 0 Å². The Balaban J connectivity index is 2.30. The molecule has 1 heterocycles. The highest BCUT2D eigenvalue weighted by Crippen LogP contribution is 2.21. The summed E-state index contributed by atoms with van der Waals surface area (Å²) in [6.07, 6.45) is 3.52. The number of benzene rings is 1. The van der Waals surface area contributed by atoms with Crippen molar-refractivity contribution in [1.82, 2.24) is 4.98 Å². The molecule has 2 aromatic rings. The van der Waals surface area contributed by atoms with E-state index in [0.29, 0.717) is 12.0 Å². The Morgan fingerprint density at radius 2 is 1.71 bits per heavy atom. The molecule has 1 unspecified atom stereocenters. The van der Waals surface area contributed by atoms with E-state index in [1.165, 1.54) is 0 Å². The van der Waals surface area contributed by atoms with Crippen LogP contribution in [0.15, 0.2) is 67.0 Å². The van der Waals surface area contributed by atoms with Gasteiger partial charge in [-0.3, -0.25) is 9.78 Å². The molecule has 0 bridgehead atoms. The molecule has 0 aliphatic carbocycles. The van der Waals surface area contributed by atoms with Crippen LogP contribution in [0.3, 0.4) is 0 Å². The molecule has 0 amide bonds. The number of aliphatic carboxylic acids is 1. The molecule has 0 radical (unpaired) electrons. The van der Waals surface area contributed by atoms with Crippen LogP contribution in [-0.2, 0) is 11.2 Å². The largest absolute Gasteiger partial charge is 0.478 e. The average Bonchev–Trinajstić information content (AvgIpc) is 2.53. The summed E-state index contributed by atoms with van der Waals surface area (Å²) in [4.78, 5) is 27.7. The minimum atomic E-state index is -1.15. The lowest BCUT2D eigenvalue weighted by Gasteiger charge is -2.16. The molecule has 0 aliphatic rings. The lowest BCUT2D eigenvalue weighted by molar-refractivity contribution is -0.133. The molecule has 1 aromatic heterocycles. The monoisotopic (exact) mass is 281 g/mol. The molecule has 4 nitrogen and oxygen atoms in total. The number of hydrogen-bond acceptors (Lipinski definition) is 3. The molecule has 1 aromatic carbocycles. The van der Waals surface area contributed by atoms with Crippen molar-refractivity contribution < 1.29 is 14.7 Å². The van der Waals surface area contributed by atoms with Crippen LogP contribution in [0.1, 0.15) is 15.9 Å². The van der Waals surface area contributed by atoms with Gasteiger partial charge in [0.15, 0.2) is 5.78 Å². The Labute approximate surface area is 122 Å². The van der Waals surface area contributed by atoms with Crippen molar-refractivity contribution >= 4 is 11.8 Å². The number of pyridine rings is 1. The van der Waals surface area contributed by atoms with Gasteiger partial charge < -0.3 is 5.11 Å². The SMILES string of the molecule is C=C(C(=O)O)C(Cc1ccncc1)C(=O)c1ccccc1. The quantitative estimate of drug-likeness (QED) is 0.653. The van der Waals surface area contributed by atoms with Crippen molar-refractivity contribution in [2.45, 2.75) is 6.42 Å². The maximum Gasteiger partial charge on any atom is 0.331 e. The molecule has 4 heteroatoms. The van der Waals surface area contributed by atoms with Crippen molar-refractivity contribution in [2.24, 2.45) is 5.92 Å². The van der Waals surface area contributed by atoms with E-state index in [0.717, 1.165) is 5.56 Å². The number of hydrogen-bond donors (Lipinski definition) is 1. The van der Waals surface area contributed by atoms with Crippen LogP contribution in [0.4, 0.5) is 0 Å². The number of carbonyl (C=O) groups excluding carboxylic acids is 1. The first-order valence-electron chi connectivity index (χ1n) is 6.50. The van der Waals surface area contributed by atoms with Crippen LogP contribution in [0.25, 0.3) is 0 Å². The summed E-state index contributed by atoms with van der Waals surface area (Å²) in [5, 5.41) is 9.16. The zero-order valence-corrected chi connectivity index (χ0v) is 11.4. The Hall–Kier alpha value is -2.75. The van der Waals surface area contributed by atoms with Crippen molar-refractivity contribution in [1.29, 1.82) is 0 Å². The molecule has 0 saturated heterocycles. The Morgan fingerprint density at radius 1 is 1.10 bits per heavy atom. The van der Waals surface area contributed by atoms with Crippen LogP contribution in [0.2, 0.25) is 0 Å². The first kappa shape index (κ1) is 14.7. The number of carboxylic acids is 1. The highest BCUT2D eigenvalue weighted by atomic mass is 16.4. The lowest BCUT2D eigenvalue weighted by atomic mass is 9.86. The number of rotatable bonds is 6. The Morgan fingerprint density at radius 3 is 2.29 bits per heavy atom. The Kier molecular flexibility index (Phi) is 4.61. The highest BCUT2D eigenvalue weighted by molar-refractivity contribution is 6.04. The maximum atomic E-state index is 12.6. The second-order valence-corrected chi connectivity index (χ2v) is 4.67. The second-order valence-electron chi connectivity index (χ2n) is 4.67. The molecule has 106 valence electrons.